The van der Waals surface area contributed by atoms with E-state index in [4.69, 9.17) is 10.5 Å². The number of nitriles is 1. The Bertz CT molecular complexity index is 1690. The summed E-state index contributed by atoms with van der Waals surface area (Å²) in [7, 11) is 0. The summed E-state index contributed by atoms with van der Waals surface area (Å²) in [5, 5.41) is 14.5. The molecule has 0 radical (unpaired) electrons. The van der Waals surface area contributed by atoms with Gasteiger partial charge in [0.2, 0.25) is 0 Å². The number of nitrogen functional groups attached to an aromatic ring is 1. The molecule has 6 heteroatoms. The summed E-state index contributed by atoms with van der Waals surface area (Å²) in [4.78, 5) is 7.10. The van der Waals surface area contributed by atoms with Gasteiger partial charge in [-0.05, 0) is 59.0 Å². The van der Waals surface area contributed by atoms with Crippen LogP contribution >= 0.6 is 0 Å². The molecule has 6 nitrogen and oxygen atoms in total. The lowest BCUT2D eigenvalue weighted by atomic mass is 9.93. The average molecular weight is 554 g/mol. The normalized spacial score (nSPS) is 13.7. The second-order valence-corrected chi connectivity index (χ2v) is 10.7. The largest absolute Gasteiger partial charge is 0.383 e. The third kappa shape index (κ3) is 6.19. The van der Waals surface area contributed by atoms with Crippen LogP contribution in [0.25, 0.3) is 44.3 Å². The first-order chi connectivity index (χ1) is 20.7. The van der Waals surface area contributed by atoms with E-state index in [-0.39, 0.29) is 5.82 Å². The smallest absolute Gasteiger partial charge is 0.142 e. The van der Waals surface area contributed by atoms with Crippen molar-refractivity contribution in [1.29, 1.82) is 5.26 Å². The molecule has 0 unspecified atom stereocenters. The molecule has 0 atom stereocenters. The molecule has 5 aromatic rings. The third-order valence-corrected chi connectivity index (χ3v) is 7.95. The summed E-state index contributed by atoms with van der Waals surface area (Å²) < 4.78 is 5.42. The van der Waals surface area contributed by atoms with Gasteiger partial charge in [0.05, 0.1) is 18.7 Å². The van der Waals surface area contributed by atoms with Gasteiger partial charge in [-0.15, -0.1) is 0 Å². The van der Waals surface area contributed by atoms with Crippen LogP contribution < -0.4 is 11.1 Å². The van der Waals surface area contributed by atoms with Crippen LogP contribution in [0.4, 0.5) is 5.82 Å². The minimum absolute atomic E-state index is 0.249. The number of nitrogens with one attached hydrogen (secondary N) is 1. The number of ether oxygens (including phenoxy) is 1. The van der Waals surface area contributed by atoms with Crippen LogP contribution in [0.3, 0.4) is 0 Å². The molecular formula is C36H35N5O. The number of fused-ring (bicyclic) bond motifs is 1. The number of nitrogens with zero attached hydrogens (tertiary/aromatic N) is 3. The summed E-state index contributed by atoms with van der Waals surface area (Å²) in [5.74, 6) is 0.249. The fraction of sp³-hybridized carbons (Fsp3) is 0.222. The van der Waals surface area contributed by atoms with Crippen LogP contribution in [-0.2, 0) is 11.3 Å². The number of morpholine rings is 1. The Balaban J connectivity index is 1.18. The highest BCUT2D eigenvalue weighted by Crippen LogP contribution is 2.36. The van der Waals surface area contributed by atoms with Gasteiger partial charge < -0.3 is 15.8 Å². The molecule has 1 saturated heterocycles. The first-order valence-electron chi connectivity index (χ1n) is 14.6. The number of aromatic nitrogens is 1. The zero-order chi connectivity index (χ0) is 28.7. The second-order valence-electron chi connectivity index (χ2n) is 10.7. The summed E-state index contributed by atoms with van der Waals surface area (Å²) in [6.07, 6.45) is 1.14. The maximum absolute atomic E-state index is 9.98. The van der Waals surface area contributed by atoms with Crippen molar-refractivity contribution in [2.24, 2.45) is 0 Å². The predicted octanol–water partition coefficient (Wildman–Crippen LogP) is 6.50. The van der Waals surface area contributed by atoms with E-state index in [9.17, 15) is 5.26 Å². The van der Waals surface area contributed by atoms with Gasteiger partial charge in [-0.2, -0.15) is 5.26 Å². The molecule has 0 bridgehead atoms. The molecule has 210 valence electrons. The molecule has 0 saturated carbocycles. The van der Waals surface area contributed by atoms with Crippen molar-refractivity contribution in [3.8, 4) is 39.4 Å². The van der Waals surface area contributed by atoms with Gasteiger partial charge >= 0.3 is 0 Å². The zero-order valence-corrected chi connectivity index (χ0v) is 23.7. The Labute approximate surface area is 247 Å². The first kappa shape index (κ1) is 27.6. The predicted molar refractivity (Wildman–Crippen MR) is 171 cm³/mol. The van der Waals surface area contributed by atoms with Crippen molar-refractivity contribution in [2.75, 3.05) is 45.1 Å². The number of rotatable bonds is 9. The third-order valence-electron chi connectivity index (χ3n) is 7.95. The van der Waals surface area contributed by atoms with Crippen molar-refractivity contribution in [3.05, 3.63) is 108 Å². The molecule has 4 aromatic carbocycles. The number of benzene rings is 4. The minimum atomic E-state index is 0.249. The molecule has 1 aliphatic rings. The van der Waals surface area contributed by atoms with E-state index in [2.05, 4.69) is 100 Å². The summed E-state index contributed by atoms with van der Waals surface area (Å²) in [6.45, 7) is 6.76. The Hall–Kier alpha value is -4.54. The lowest BCUT2D eigenvalue weighted by Gasteiger charge is -2.26. The molecule has 0 aliphatic carbocycles. The zero-order valence-electron chi connectivity index (χ0n) is 23.7. The van der Waals surface area contributed by atoms with E-state index in [1.807, 2.05) is 18.2 Å². The van der Waals surface area contributed by atoms with E-state index in [1.165, 1.54) is 5.56 Å². The first-order valence-corrected chi connectivity index (χ1v) is 14.6. The molecule has 1 fully saturated rings. The molecule has 0 spiro atoms. The molecule has 3 N–H and O–H groups in total. The standard InChI is InChI=1S/C36H35N5O/c37-24-33-35(30-13-11-28(12-14-30)27-5-2-1-3-6-27)32-16-15-31(23-34(32)40-36(33)38)29-9-7-26(8-10-29)25-39-17-4-18-41-19-21-42-22-20-41/h1-3,5-16,23,39H,4,17-22,25H2,(H2,38,40). The molecule has 2 heterocycles. The van der Waals surface area contributed by atoms with Crippen LogP contribution in [-0.4, -0.2) is 49.3 Å². The van der Waals surface area contributed by atoms with Gasteiger partial charge in [-0.1, -0.05) is 91.0 Å². The molecule has 6 rings (SSSR count). The van der Waals surface area contributed by atoms with Crippen molar-refractivity contribution >= 4 is 16.7 Å². The Morgan fingerprint density at radius 1 is 0.810 bits per heavy atom. The Morgan fingerprint density at radius 2 is 1.45 bits per heavy atom. The number of nitrogens with two attached hydrogens (primary N) is 1. The molecular weight excluding hydrogens is 518 g/mol. The van der Waals surface area contributed by atoms with Crippen LogP contribution in [0, 0.1) is 11.3 Å². The lowest BCUT2D eigenvalue weighted by Crippen LogP contribution is -2.37. The maximum atomic E-state index is 9.98. The number of anilines is 1. The number of hydrogen-bond donors (Lipinski definition) is 2. The van der Waals surface area contributed by atoms with E-state index >= 15 is 0 Å². The van der Waals surface area contributed by atoms with Crippen LogP contribution in [0.1, 0.15) is 17.5 Å². The summed E-state index contributed by atoms with van der Waals surface area (Å²) in [6, 6.07) is 35.7. The van der Waals surface area contributed by atoms with Crippen molar-refractivity contribution < 1.29 is 4.74 Å². The molecule has 0 amide bonds. The highest BCUT2D eigenvalue weighted by atomic mass is 16.5. The molecule has 1 aromatic heterocycles. The SMILES string of the molecule is N#Cc1c(N)nc2cc(-c3ccc(CNCCCN4CCOCC4)cc3)ccc2c1-c1ccc(-c2ccccc2)cc1. The average Bonchev–Trinajstić information content (AvgIpc) is 3.05. The Kier molecular flexibility index (Phi) is 8.53. The van der Waals surface area contributed by atoms with Gasteiger partial charge in [0, 0.05) is 30.6 Å². The second kappa shape index (κ2) is 13.0. The van der Waals surface area contributed by atoms with Gasteiger partial charge in [0.25, 0.3) is 0 Å². The quantitative estimate of drug-likeness (QED) is 0.203. The monoisotopic (exact) mass is 553 g/mol. The molecule has 1 aliphatic heterocycles. The van der Waals surface area contributed by atoms with E-state index in [1.54, 1.807) is 0 Å². The van der Waals surface area contributed by atoms with Crippen LogP contribution in [0.5, 0.6) is 0 Å². The van der Waals surface area contributed by atoms with Gasteiger partial charge in [0.1, 0.15) is 17.5 Å². The number of pyridine rings is 1. The lowest BCUT2D eigenvalue weighted by molar-refractivity contribution is 0.0374. The highest BCUT2D eigenvalue weighted by molar-refractivity contribution is 6.01. The summed E-state index contributed by atoms with van der Waals surface area (Å²) in [5.41, 5.74) is 15.0. The maximum Gasteiger partial charge on any atom is 0.142 e. The van der Waals surface area contributed by atoms with Crippen molar-refractivity contribution in [2.45, 2.75) is 13.0 Å². The minimum Gasteiger partial charge on any atom is -0.383 e. The van der Waals surface area contributed by atoms with Crippen LogP contribution in [0.15, 0.2) is 97.1 Å². The number of hydrogen-bond acceptors (Lipinski definition) is 6. The summed E-state index contributed by atoms with van der Waals surface area (Å²) >= 11 is 0. The topological polar surface area (TPSA) is 87.2 Å². The van der Waals surface area contributed by atoms with E-state index in [0.29, 0.717) is 5.56 Å². The van der Waals surface area contributed by atoms with Gasteiger partial charge in [0.15, 0.2) is 0 Å². The fourth-order valence-electron chi connectivity index (χ4n) is 5.64. The molecule has 42 heavy (non-hydrogen) atoms. The van der Waals surface area contributed by atoms with Crippen LogP contribution in [0.2, 0.25) is 0 Å². The fourth-order valence-corrected chi connectivity index (χ4v) is 5.64. The van der Waals surface area contributed by atoms with Crippen molar-refractivity contribution in [3.63, 3.8) is 0 Å². The van der Waals surface area contributed by atoms with Gasteiger partial charge in [-0.25, -0.2) is 4.98 Å². The van der Waals surface area contributed by atoms with E-state index < -0.39 is 0 Å². The Morgan fingerprint density at radius 3 is 2.19 bits per heavy atom. The van der Waals surface area contributed by atoms with Crippen molar-refractivity contribution in [1.82, 2.24) is 15.2 Å². The van der Waals surface area contributed by atoms with Gasteiger partial charge in [-0.3, -0.25) is 4.90 Å². The highest BCUT2D eigenvalue weighted by Gasteiger charge is 2.16. The van der Waals surface area contributed by atoms with E-state index in [0.717, 1.165) is 96.6 Å².